The first-order valence-corrected chi connectivity index (χ1v) is 8.12. The number of amides is 1. The third kappa shape index (κ3) is 4.99. The van der Waals surface area contributed by atoms with Crippen LogP contribution in [0.3, 0.4) is 0 Å². The maximum Gasteiger partial charge on any atom is 0.410 e. The molecule has 0 radical (unpaired) electrons. The van der Waals surface area contributed by atoms with Gasteiger partial charge in [-0.25, -0.2) is 14.2 Å². The molecule has 2 aromatic heterocycles. The van der Waals surface area contributed by atoms with Crippen LogP contribution < -0.4 is 0 Å². The fourth-order valence-electron chi connectivity index (χ4n) is 1.83. The highest BCUT2D eigenvalue weighted by molar-refractivity contribution is 7.09. The summed E-state index contributed by atoms with van der Waals surface area (Å²) in [6, 6.07) is 1.60. The summed E-state index contributed by atoms with van der Waals surface area (Å²) in [7, 11) is 1.69. The number of carbonyl (C=O) groups excluding carboxylic acids is 1. The Bertz CT molecular complexity index is 682. The zero-order chi connectivity index (χ0) is 17.0. The molecule has 2 heterocycles. The van der Waals surface area contributed by atoms with Gasteiger partial charge in [-0.2, -0.15) is 0 Å². The Morgan fingerprint density at radius 2 is 2.17 bits per heavy atom. The zero-order valence-electron chi connectivity index (χ0n) is 13.7. The number of likely N-dealkylation sites (N-methyl/N-ethyl adjacent to an activating group) is 1. The number of aromatic nitrogens is 2. The van der Waals surface area contributed by atoms with Crippen molar-refractivity contribution in [2.75, 3.05) is 13.6 Å². The van der Waals surface area contributed by atoms with Gasteiger partial charge in [-0.3, -0.25) is 4.98 Å². The van der Waals surface area contributed by atoms with Gasteiger partial charge < -0.3 is 9.64 Å². The molecule has 0 aliphatic carbocycles. The van der Waals surface area contributed by atoms with Gasteiger partial charge in [-0.05, 0) is 26.8 Å². The van der Waals surface area contributed by atoms with Gasteiger partial charge >= 0.3 is 6.09 Å². The van der Waals surface area contributed by atoms with Crippen LogP contribution in [-0.2, 0) is 11.2 Å². The predicted molar refractivity (Wildman–Crippen MR) is 87.9 cm³/mol. The predicted octanol–water partition coefficient (Wildman–Crippen LogP) is 3.75. The first kappa shape index (κ1) is 17.3. The van der Waals surface area contributed by atoms with Gasteiger partial charge in [0.1, 0.15) is 5.60 Å². The lowest BCUT2D eigenvalue weighted by Crippen LogP contribution is -2.35. The van der Waals surface area contributed by atoms with Crippen LogP contribution in [0.5, 0.6) is 0 Å². The van der Waals surface area contributed by atoms with Crippen molar-refractivity contribution in [3.8, 4) is 11.3 Å². The van der Waals surface area contributed by atoms with E-state index in [0.29, 0.717) is 24.2 Å². The molecular formula is C16H20FN3O2S. The minimum absolute atomic E-state index is 0.366. The van der Waals surface area contributed by atoms with E-state index < -0.39 is 11.4 Å². The standard InChI is InChI=1S/C16H20FN3O2S/c1-16(2,3)22-15(21)20(4)8-6-14-19-13(10-23-14)11-5-7-18-9-12(11)17/h5,7,9-10H,6,8H2,1-4H3. The van der Waals surface area contributed by atoms with E-state index in [-0.39, 0.29) is 6.09 Å². The average Bonchev–Trinajstić information content (AvgIpc) is 2.92. The van der Waals surface area contributed by atoms with Crippen LogP contribution in [-0.4, -0.2) is 40.2 Å². The molecular weight excluding hydrogens is 317 g/mol. The van der Waals surface area contributed by atoms with Gasteiger partial charge in [0, 0.05) is 37.2 Å². The van der Waals surface area contributed by atoms with E-state index >= 15 is 0 Å². The Labute approximate surface area is 139 Å². The molecule has 5 nitrogen and oxygen atoms in total. The van der Waals surface area contributed by atoms with E-state index in [4.69, 9.17) is 4.74 Å². The molecule has 0 aromatic carbocycles. The molecule has 0 unspecified atom stereocenters. The number of hydrogen-bond donors (Lipinski definition) is 0. The third-order valence-electron chi connectivity index (χ3n) is 2.97. The molecule has 0 bridgehead atoms. The fraction of sp³-hybridized carbons (Fsp3) is 0.438. The molecule has 124 valence electrons. The lowest BCUT2D eigenvalue weighted by Gasteiger charge is -2.24. The van der Waals surface area contributed by atoms with E-state index in [9.17, 15) is 9.18 Å². The summed E-state index contributed by atoms with van der Waals surface area (Å²) >= 11 is 1.44. The average molecular weight is 337 g/mol. The van der Waals surface area contributed by atoms with Gasteiger partial charge in [-0.15, -0.1) is 11.3 Å². The summed E-state index contributed by atoms with van der Waals surface area (Å²) in [4.78, 5) is 21.5. The fourth-order valence-corrected chi connectivity index (χ4v) is 2.61. The maximum absolute atomic E-state index is 13.7. The highest BCUT2D eigenvalue weighted by Crippen LogP contribution is 2.24. The molecule has 0 atom stereocenters. The second kappa shape index (κ2) is 7.04. The molecule has 0 aliphatic rings. The number of rotatable bonds is 4. The molecule has 0 aliphatic heterocycles. The molecule has 0 saturated heterocycles. The minimum atomic E-state index is -0.515. The van der Waals surface area contributed by atoms with Crippen molar-refractivity contribution in [1.29, 1.82) is 0 Å². The van der Waals surface area contributed by atoms with Crippen LogP contribution in [0.1, 0.15) is 25.8 Å². The Hall–Kier alpha value is -2.02. The second-order valence-corrected chi connectivity index (χ2v) is 7.08. The maximum atomic E-state index is 13.7. The van der Waals surface area contributed by atoms with Crippen LogP contribution in [0.25, 0.3) is 11.3 Å². The van der Waals surface area contributed by atoms with Crippen molar-refractivity contribution < 1.29 is 13.9 Å². The Balaban J connectivity index is 1.95. The smallest absolute Gasteiger partial charge is 0.410 e. The van der Waals surface area contributed by atoms with E-state index in [1.165, 1.54) is 28.6 Å². The monoisotopic (exact) mass is 337 g/mol. The van der Waals surface area contributed by atoms with Gasteiger partial charge in [0.05, 0.1) is 16.9 Å². The number of pyridine rings is 1. The summed E-state index contributed by atoms with van der Waals surface area (Å²) in [5.41, 5.74) is 0.506. The quantitative estimate of drug-likeness (QED) is 0.852. The van der Waals surface area contributed by atoms with Crippen molar-refractivity contribution in [2.24, 2.45) is 0 Å². The molecule has 23 heavy (non-hydrogen) atoms. The van der Waals surface area contributed by atoms with E-state index in [0.717, 1.165) is 5.01 Å². The van der Waals surface area contributed by atoms with Crippen LogP contribution in [0.15, 0.2) is 23.8 Å². The molecule has 0 saturated carbocycles. The van der Waals surface area contributed by atoms with Crippen molar-refractivity contribution in [3.05, 3.63) is 34.7 Å². The summed E-state index contributed by atoms with van der Waals surface area (Å²) in [5.74, 6) is -0.393. The number of ether oxygens (including phenoxy) is 1. The Kier molecular flexibility index (Phi) is 5.30. The molecule has 0 fully saturated rings. The zero-order valence-corrected chi connectivity index (χ0v) is 14.5. The summed E-state index contributed by atoms with van der Waals surface area (Å²) in [5, 5.41) is 2.65. The van der Waals surface area contributed by atoms with Crippen molar-refractivity contribution in [2.45, 2.75) is 32.8 Å². The number of hydrogen-bond acceptors (Lipinski definition) is 5. The SMILES string of the molecule is CN(CCc1nc(-c2ccncc2F)cs1)C(=O)OC(C)(C)C. The van der Waals surface area contributed by atoms with E-state index in [1.807, 2.05) is 20.8 Å². The van der Waals surface area contributed by atoms with E-state index in [2.05, 4.69) is 9.97 Å². The van der Waals surface area contributed by atoms with Gasteiger partial charge in [-0.1, -0.05) is 0 Å². The van der Waals surface area contributed by atoms with Crippen molar-refractivity contribution in [1.82, 2.24) is 14.9 Å². The second-order valence-electron chi connectivity index (χ2n) is 6.13. The number of thiazole rings is 1. The number of halogens is 1. The van der Waals surface area contributed by atoms with Gasteiger partial charge in [0.25, 0.3) is 0 Å². The lowest BCUT2D eigenvalue weighted by atomic mass is 10.2. The van der Waals surface area contributed by atoms with E-state index in [1.54, 1.807) is 18.5 Å². The van der Waals surface area contributed by atoms with Crippen LogP contribution in [0.2, 0.25) is 0 Å². The van der Waals surface area contributed by atoms with Crippen molar-refractivity contribution >= 4 is 17.4 Å². The number of nitrogens with zero attached hydrogens (tertiary/aromatic N) is 3. The van der Waals surface area contributed by atoms with Crippen LogP contribution in [0.4, 0.5) is 9.18 Å². The normalized spacial score (nSPS) is 11.3. The minimum Gasteiger partial charge on any atom is -0.444 e. The highest BCUT2D eigenvalue weighted by Gasteiger charge is 2.19. The summed E-state index contributed by atoms with van der Waals surface area (Å²) in [6.45, 7) is 5.97. The number of carbonyl (C=O) groups is 1. The Morgan fingerprint density at radius 3 is 2.83 bits per heavy atom. The lowest BCUT2D eigenvalue weighted by molar-refractivity contribution is 0.0301. The van der Waals surface area contributed by atoms with Crippen molar-refractivity contribution in [3.63, 3.8) is 0 Å². The van der Waals surface area contributed by atoms with Crippen LogP contribution in [0, 0.1) is 5.82 Å². The third-order valence-corrected chi connectivity index (χ3v) is 3.87. The summed E-state index contributed by atoms with van der Waals surface area (Å²) in [6.07, 6.45) is 2.93. The molecule has 0 spiro atoms. The molecule has 7 heteroatoms. The van der Waals surface area contributed by atoms with Crippen LogP contribution >= 0.6 is 11.3 Å². The highest BCUT2D eigenvalue weighted by atomic mass is 32.1. The molecule has 1 amide bonds. The molecule has 2 aromatic rings. The van der Waals surface area contributed by atoms with Gasteiger partial charge in [0.15, 0.2) is 5.82 Å². The van der Waals surface area contributed by atoms with Gasteiger partial charge in [0.2, 0.25) is 0 Å². The first-order chi connectivity index (χ1) is 10.8. The molecule has 2 rings (SSSR count). The summed E-state index contributed by atoms with van der Waals surface area (Å²) < 4.78 is 19.0. The topological polar surface area (TPSA) is 55.3 Å². The Morgan fingerprint density at radius 1 is 1.43 bits per heavy atom. The largest absolute Gasteiger partial charge is 0.444 e. The molecule has 0 N–H and O–H groups in total. The first-order valence-electron chi connectivity index (χ1n) is 7.24.